The monoisotopic (exact) mass is 213 g/mol. The van der Waals surface area contributed by atoms with Crippen molar-refractivity contribution < 1.29 is 9.18 Å². The Labute approximate surface area is 86.4 Å². The number of aliphatic imine (C=N–C) groups is 1. The summed E-state index contributed by atoms with van der Waals surface area (Å²) in [6.07, 6.45) is 1.37. The van der Waals surface area contributed by atoms with Gasteiger partial charge in [-0.05, 0) is 31.0 Å². The van der Waals surface area contributed by atoms with Crippen molar-refractivity contribution in [2.24, 2.45) is 4.99 Å². The zero-order valence-corrected chi connectivity index (χ0v) is 8.65. The van der Waals surface area contributed by atoms with Crippen LogP contribution in [0.4, 0.5) is 4.39 Å². The molecule has 0 amide bonds. The Morgan fingerprint density at radius 1 is 1.57 bits per heavy atom. The summed E-state index contributed by atoms with van der Waals surface area (Å²) in [5.74, 6) is -0.506. The summed E-state index contributed by atoms with van der Waals surface area (Å²) in [4.78, 5) is 13.3. The molecule has 0 saturated heterocycles. The lowest BCUT2D eigenvalue weighted by atomic mass is 10.0. The van der Waals surface area contributed by atoms with E-state index in [1.807, 2.05) is 6.92 Å². The molecular weight excluding hydrogens is 205 g/mol. The SMILES string of the molecule is Cc1cc(Cl)c(F)c(CN=C=O)c1C. The van der Waals surface area contributed by atoms with E-state index in [4.69, 9.17) is 11.6 Å². The van der Waals surface area contributed by atoms with Crippen LogP contribution in [0.15, 0.2) is 11.1 Å². The summed E-state index contributed by atoms with van der Waals surface area (Å²) in [5.41, 5.74) is 2.01. The highest BCUT2D eigenvalue weighted by Gasteiger charge is 2.11. The van der Waals surface area contributed by atoms with Crippen molar-refractivity contribution in [3.63, 3.8) is 0 Å². The Kier molecular flexibility index (Phi) is 3.39. The molecule has 2 nitrogen and oxygen atoms in total. The minimum atomic E-state index is -0.506. The van der Waals surface area contributed by atoms with E-state index in [0.717, 1.165) is 11.1 Å². The molecule has 14 heavy (non-hydrogen) atoms. The third-order valence-electron chi connectivity index (χ3n) is 2.16. The van der Waals surface area contributed by atoms with Crippen LogP contribution in [0.25, 0.3) is 0 Å². The zero-order chi connectivity index (χ0) is 10.7. The van der Waals surface area contributed by atoms with Crippen LogP contribution in [0, 0.1) is 19.7 Å². The van der Waals surface area contributed by atoms with Crippen LogP contribution in [0.1, 0.15) is 16.7 Å². The lowest BCUT2D eigenvalue weighted by Gasteiger charge is -2.08. The minimum absolute atomic E-state index is 0.0113. The number of benzene rings is 1. The van der Waals surface area contributed by atoms with Gasteiger partial charge in [0, 0.05) is 5.56 Å². The first-order chi connectivity index (χ1) is 6.57. The summed E-state index contributed by atoms with van der Waals surface area (Å²) < 4.78 is 13.4. The van der Waals surface area contributed by atoms with Crippen LogP contribution in [0.5, 0.6) is 0 Å². The quantitative estimate of drug-likeness (QED) is 0.549. The summed E-state index contributed by atoms with van der Waals surface area (Å²) in [7, 11) is 0. The molecule has 0 bridgehead atoms. The van der Waals surface area contributed by atoms with Gasteiger partial charge in [-0.2, -0.15) is 0 Å². The Morgan fingerprint density at radius 2 is 2.21 bits per heavy atom. The van der Waals surface area contributed by atoms with Crippen molar-refractivity contribution in [2.75, 3.05) is 0 Å². The Hall–Kier alpha value is -1.18. The molecule has 0 aliphatic heterocycles. The van der Waals surface area contributed by atoms with Gasteiger partial charge in [-0.3, -0.25) is 0 Å². The van der Waals surface area contributed by atoms with Crippen LogP contribution in [-0.2, 0) is 11.3 Å². The number of carbonyl (C=O) groups excluding carboxylic acids is 1. The highest BCUT2D eigenvalue weighted by Crippen LogP contribution is 2.25. The van der Waals surface area contributed by atoms with Gasteiger partial charge in [0.2, 0.25) is 6.08 Å². The second kappa shape index (κ2) is 4.36. The van der Waals surface area contributed by atoms with Gasteiger partial charge < -0.3 is 0 Å². The van der Waals surface area contributed by atoms with Crippen LogP contribution < -0.4 is 0 Å². The standard InChI is InChI=1S/C10H9ClFNO/c1-6-3-9(11)10(12)8(7(6)2)4-13-5-14/h3H,4H2,1-2H3. The Bertz CT molecular complexity index is 385. The number of rotatable bonds is 2. The third-order valence-corrected chi connectivity index (χ3v) is 2.44. The van der Waals surface area contributed by atoms with Crippen LogP contribution in [0.3, 0.4) is 0 Å². The number of hydrogen-bond acceptors (Lipinski definition) is 2. The topological polar surface area (TPSA) is 29.4 Å². The van der Waals surface area contributed by atoms with E-state index in [2.05, 4.69) is 4.99 Å². The van der Waals surface area contributed by atoms with Gasteiger partial charge in [0.05, 0.1) is 11.6 Å². The van der Waals surface area contributed by atoms with E-state index < -0.39 is 5.82 Å². The molecule has 0 aromatic heterocycles. The smallest absolute Gasteiger partial charge is 0.211 e. The van der Waals surface area contributed by atoms with Gasteiger partial charge in [0.1, 0.15) is 5.82 Å². The number of isocyanates is 1. The molecule has 0 atom stereocenters. The van der Waals surface area contributed by atoms with Gasteiger partial charge in [0.25, 0.3) is 0 Å². The molecule has 0 spiro atoms. The maximum Gasteiger partial charge on any atom is 0.235 e. The van der Waals surface area contributed by atoms with E-state index >= 15 is 0 Å². The fraction of sp³-hybridized carbons (Fsp3) is 0.300. The van der Waals surface area contributed by atoms with E-state index in [9.17, 15) is 9.18 Å². The maximum absolute atomic E-state index is 13.4. The van der Waals surface area contributed by atoms with Crippen molar-refractivity contribution in [2.45, 2.75) is 20.4 Å². The summed E-state index contributed by atoms with van der Waals surface area (Å²) in [5, 5.41) is 0.0594. The summed E-state index contributed by atoms with van der Waals surface area (Å²) in [6.45, 7) is 3.59. The predicted molar refractivity (Wildman–Crippen MR) is 52.7 cm³/mol. The Morgan fingerprint density at radius 3 is 2.79 bits per heavy atom. The van der Waals surface area contributed by atoms with Crippen molar-refractivity contribution in [3.8, 4) is 0 Å². The predicted octanol–water partition coefficient (Wildman–Crippen LogP) is 2.93. The van der Waals surface area contributed by atoms with Crippen LogP contribution in [0.2, 0.25) is 5.02 Å². The molecule has 0 aliphatic carbocycles. The third kappa shape index (κ3) is 2.00. The number of nitrogens with zero attached hydrogens (tertiary/aromatic N) is 1. The molecule has 1 aromatic rings. The summed E-state index contributed by atoms with van der Waals surface area (Å²) in [6, 6.07) is 1.56. The lowest BCUT2D eigenvalue weighted by molar-refractivity contribution is 0.561. The molecule has 0 heterocycles. The molecule has 1 rings (SSSR count). The Balaban J connectivity index is 3.31. The second-order valence-corrected chi connectivity index (χ2v) is 3.41. The number of aryl methyl sites for hydroxylation is 1. The average Bonchev–Trinajstić information content (AvgIpc) is 2.15. The lowest BCUT2D eigenvalue weighted by Crippen LogP contribution is -1.97. The van der Waals surface area contributed by atoms with Crippen molar-refractivity contribution >= 4 is 17.7 Å². The highest BCUT2D eigenvalue weighted by molar-refractivity contribution is 6.30. The van der Waals surface area contributed by atoms with Gasteiger partial charge in [-0.1, -0.05) is 11.6 Å². The minimum Gasteiger partial charge on any atom is -0.211 e. The van der Waals surface area contributed by atoms with E-state index in [1.165, 1.54) is 6.08 Å². The first-order valence-electron chi connectivity index (χ1n) is 4.05. The van der Waals surface area contributed by atoms with Crippen molar-refractivity contribution in [3.05, 3.63) is 33.6 Å². The van der Waals surface area contributed by atoms with Crippen molar-refractivity contribution in [1.29, 1.82) is 0 Å². The van der Waals surface area contributed by atoms with E-state index in [1.54, 1.807) is 13.0 Å². The molecule has 1 aromatic carbocycles. The fourth-order valence-corrected chi connectivity index (χ4v) is 1.49. The number of halogens is 2. The second-order valence-electron chi connectivity index (χ2n) is 3.00. The average molecular weight is 214 g/mol. The first kappa shape index (κ1) is 10.9. The van der Waals surface area contributed by atoms with Gasteiger partial charge in [-0.15, -0.1) is 0 Å². The first-order valence-corrected chi connectivity index (χ1v) is 4.43. The maximum atomic E-state index is 13.4. The molecule has 0 fully saturated rings. The molecule has 0 aliphatic rings. The normalized spacial score (nSPS) is 9.71. The zero-order valence-electron chi connectivity index (χ0n) is 7.90. The van der Waals surface area contributed by atoms with Crippen LogP contribution in [-0.4, -0.2) is 6.08 Å². The van der Waals surface area contributed by atoms with Gasteiger partial charge in [0.15, 0.2) is 0 Å². The largest absolute Gasteiger partial charge is 0.235 e. The van der Waals surface area contributed by atoms with Gasteiger partial charge >= 0.3 is 0 Å². The molecule has 0 radical (unpaired) electrons. The highest BCUT2D eigenvalue weighted by atomic mass is 35.5. The fourth-order valence-electron chi connectivity index (χ4n) is 1.21. The molecule has 0 saturated carbocycles. The van der Waals surface area contributed by atoms with Crippen molar-refractivity contribution in [1.82, 2.24) is 0 Å². The van der Waals surface area contributed by atoms with E-state index in [-0.39, 0.29) is 11.6 Å². The molecule has 4 heteroatoms. The summed E-state index contributed by atoms with van der Waals surface area (Å²) >= 11 is 5.65. The number of hydrogen-bond donors (Lipinski definition) is 0. The molecule has 0 N–H and O–H groups in total. The molecule has 0 unspecified atom stereocenters. The molecular formula is C10H9ClFNO. The molecule has 74 valence electrons. The van der Waals surface area contributed by atoms with E-state index in [0.29, 0.717) is 5.56 Å². The van der Waals surface area contributed by atoms with Crippen LogP contribution >= 0.6 is 11.6 Å². The van der Waals surface area contributed by atoms with Gasteiger partial charge in [-0.25, -0.2) is 14.2 Å².